The van der Waals surface area contributed by atoms with E-state index in [1.165, 1.54) is 0 Å². The average Bonchev–Trinajstić information content (AvgIpc) is 3.19. The normalized spacial score (nSPS) is 21.3. The molecule has 2 N–H and O–H groups in total. The highest BCUT2D eigenvalue weighted by Crippen LogP contribution is 2.18. The number of carbonyl (C=O) groups is 2. The van der Waals surface area contributed by atoms with E-state index in [0.29, 0.717) is 19.0 Å². The van der Waals surface area contributed by atoms with Gasteiger partial charge in [0.05, 0.1) is 6.42 Å². The Balaban J connectivity index is 1.55. The van der Waals surface area contributed by atoms with Gasteiger partial charge in [0.15, 0.2) is 0 Å². The van der Waals surface area contributed by atoms with Gasteiger partial charge in [-0.25, -0.2) is 0 Å². The molecule has 6 heteroatoms. The number of nitrogens with zero attached hydrogens (tertiary/aromatic N) is 2. The first kappa shape index (κ1) is 14.3. The van der Waals surface area contributed by atoms with Crippen LogP contribution in [0.1, 0.15) is 25.7 Å². The first-order chi connectivity index (χ1) is 9.13. The van der Waals surface area contributed by atoms with E-state index >= 15 is 0 Å². The van der Waals surface area contributed by atoms with Crippen molar-refractivity contribution in [3.63, 3.8) is 0 Å². The second-order valence-corrected chi connectivity index (χ2v) is 5.42. The summed E-state index contributed by atoms with van der Waals surface area (Å²) in [5, 5.41) is 11.6. The lowest BCUT2D eigenvalue weighted by Gasteiger charge is -2.34. The SMILES string of the molecule is O=C(O)CCN1CCN(CCC(=O)NC2CC2)CC1. The maximum absolute atomic E-state index is 11.6. The highest BCUT2D eigenvalue weighted by Gasteiger charge is 2.23. The Labute approximate surface area is 113 Å². The van der Waals surface area contributed by atoms with Crippen LogP contribution < -0.4 is 5.32 Å². The molecule has 108 valence electrons. The molecule has 0 bridgehead atoms. The summed E-state index contributed by atoms with van der Waals surface area (Å²) < 4.78 is 0. The summed E-state index contributed by atoms with van der Waals surface area (Å²) in [6, 6.07) is 0.445. The minimum absolute atomic E-state index is 0.163. The van der Waals surface area contributed by atoms with Crippen LogP contribution in [-0.4, -0.2) is 72.1 Å². The van der Waals surface area contributed by atoms with Crippen LogP contribution in [0.5, 0.6) is 0 Å². The molecular weight excluding hydrogens is 246 g/mol. The van der Waals surface area contributed by atoms with E-state index in [0.717, 1.165) is 45.6 Å². The lowest BCUT2D eigenvalue weighted by molar-refractivity contribution is -0.137. The summed E-state index contributed by atoms with van der Waals surface area (Å²) in [7, 11) is 0. The predicted molar refractivity (Wildman–Crippen MR) is 70.9 cm³/mol. The zero-order valence-corrected chi connectivity index (χ0v) is 11.3. The number of carbonyl (C=O) groups excluding carboxylic acids is 1. The largest absolute Gasteiger partial charge is 0.481 e. The number of rotatable bonds is 7. The number of hydrogen-bond acceptors (Lipinski definition) is 4. The van der Waals surface area contributed by atoms with Crippen molar-refractivity contribution in [2.45, 2.75) is 31.7 Å². The molecule has 1 saturated carbocycles. The van der Waals surface area contributed by atoms with Crippen LogP contribution in [0.4, 0.5) is 0 Å². The third kappa shape index (κ3) is 5.57. The molecule has 0 aromatic carbocycles. The highest BCUT2D eigenvalue weighted by atomic mass is 16.4. The standard InChI is InChI=1S/C13H23N3O3/c17-12(14-11-1-2-11)3-5-15-7-9-16(10-8-15)6-4-13(18)19/h11H,1-10H2,(H,14,17)(H,18,19). The molecule has 1 heterocycles. The number of piperazine rings is 1. The molecule has 1 aliphatic heterocycles. The Morgan fingerprint density at radius 1 is 1.00 bits per heavy atom. The van der Waals surface area contributed by atoms with E-state index in [4.69, 9.17) is 5.11 Å². The van der Waals surface area contributed by atoms with Crippen molar-refractivity contribution >= 4 is 11.9 Å². The lowest BCUT2D eigenvalue weighted by Crippen LogP contribution is -2.47. The van der Waals surface area contributed by atoms with E-state index in [9.17, 15) is 9.59 Å². The van der Waals surface area contributed by atoms with Gasteiger partial charge in [-0.2, -0.15) is 0 Å². The quantitative estimate of drug-likeness (QED) is 0.666. The third-order valence-electron chi connectivity index (χ3n) is 3.70. The minimum Gasteiger partial charge on any atom is -0.481 e. The first-order valence-electron chi connectivity index (χ1n) is 7.09. The van der Waals surface area contributed by atoms with Gasteiger partial charge in [-0.1, -0.05) is 0 Å². The number of carboxylic acid groups (broad SMARTS) is 1. The van der Waals surface area contributed by atoms with Gasteiger partial charge < -0.3 is 20.2 Å². The predicted octanol–water partition coefficient (Wildman–Crippen LogP) is -0.253. The van der Waals surface area contributed by atoms with E-state index in [2.05, 4.69) is 15.1 Å². The molecule has 6 nitrogen and oxygen atoms in total. The molecule has 19 heavy (non-hydrogen) atoms. The Morgan fingerprint density at radius 3 is 2.00 bits per heavy atom. The summed E-state index contributed by atoms with van der Waals surface area (Å²) in [4.78, 5) is 26.5. The number of carboxylic acids is 1. The summed E-state index contributed by atoms with van der Waals surface area (Å²) in [5.74, 6) is -0.574. The second kappa shape index (κ2) is 6.86. The van der Waals surface area contributed by atoms with Gasteiger partial charge in [-0.15, -0.1) is 0 Å². The molecular formula is C13H23N3O3. The van der Waals surface area contributed by atoms with Crippen LogP contribution in [0, 0.1) is 0 Å². The van der Waals surface area contributed by atoms with Crippen LogP contribution in [0.3, 0.4) is 0 Å². The summed E-state index contributed by atoms with van der Waals surface area (Å²) in [6.07, 6.45) is 3.05. The number of aliphatic carboxylic acids is 1. The van der Waals surface area contributed by atoms with Crippen molar-refractivity contribution in [2.75, 3.05) is 39.3 Å². The Bertz CT molecular complexity index is 323. The molecule has 0 unspecified atom stereocenters. The lowest BCUT2D eigenvalue weighted by atomic mass is 10.2. The van der Waals surface area contributed by atoms with Gasteiger partial charge in [0.1, 0.15) is 0 Å². The fourth-order valence-corrected chi connectivity index (χ4v) is 2.28. The summed E-state index contributed by atoms with van der Waals surface area (Å²) in [6.45, 7) is 5.10. The van der Waals surface area contributed by atoms with Crippen LogP contribution in [0.2, 0.25) is 0 Å². The number of amides is 1. The maximum atomic E-state index is 11.6. The Kier molecular flexibility index (Phi) is 5.15. The first-order valence-corrected chi connectivity index (χ1v) is 7.09. The van der Waals surface area contributed by atoms with Crippen molar-refractivity contribution in [3.8, 4) is 0 Å². The van der Waals surface area contributed by atoms with Crippen molar-refractivity contribution in [3.05, 3.63) is 0 Å². The molecule has 1 saturated heterocycles. The smallest absolute Gasteiger partial charge is 0.304 e. The van der Waals surface area contributed by atoms with Crippen LogP contribution in [0.15, 0.2) is 0 Å². The van der Waals surface area contributed by atoms with Crippen molar-refractivity contribution in [1.29, 1.82) is 0 Å². The van der Waals surface area contributed by atoms with Gasteiger partial charge in [-0.05, 0) is 12.8 Å². The van der Waals surface area contributed by atoms with E-state index < -0.39 is 5.97 Å². The molecule has 0 atom stereocenters. The fourth-order valence-electron chi connectivity index (χ4n) is 2.28. The van der Waals surface area contributed by atoms with Crippen LogP contribution in [0.25, 0.3) is 0 Å². The van der Waals surface area contributed by atoms with Gasteiger partial charge in [0.2, 0.25) is 5.91 Å². The molecule has 2 aliphatic rings. The number of nitrogens with one attached hydrogen (secondary N) is 1. The highest BCUT2D eigenvalue weighted by molar-refractivity contribution is 5.76. The van der Waals surface area contributed by atoms with Crippen LogP contribution in [-0.2, 0) is 9.59 Å². The molecule has 0 radical (unpaired) electrons. The molecule has 2 fully saturated rings. The third-order valence-corrected chi connectivity index (χ3v) is 3.70. The van der Waals surface area contributed by atoms with Crippen molar-refractivity contribution in [1.82, 2.24) is 15.1 Å². The Morgan fingerprint density at radius 2 is 1.53 bits per heavy atom. The molecule has 0 aromatic rings. The van der Waals surface area contributed by atoms with Gasteiger partial charge in [-0.3, -0.25) is 9.59 Å². The van der Waals surface area contributed by atoms with E-state index in [1.54, 1.807) is 0 Å². The van der Waals surface area contributed by atoms with E-state index in [1.807, 2.05) is 0 Å². The van der Waals surface area contributed by atoms with Crippen LogP contribution >= 0.6 is 0 Å². The molecule has 0 aromatic heterocycles. The average molecular weight is 269 g/mol. The van der Waals surface area contributed by atoms with Gasteiger partial charge in [0, 0.05) is 51.7 Å². The maximum Gasteiger partial charge on any atom is 0.304 e. The van der Waals surface area contributed by atoms with Crippen molar-refractivity contribution in [2.24, 2.45) is 0 Å². The monoisotopic (exact) mass is 269 g/mol. The Hall–Kier alpha value is -1.14. The molecule has 2 rings (SSSR count). The summed E-state index contributed by atoms with van der Waals surface area (Å²) >= 11 is 0. The fraction of sp³-hybridized carbons (Fsp3) is 0.846. The number of hydrogen-bond donors (Lipinski definition) is 2. The molecule has 1 aliphatic carbocycles. The molecule has 1 amide bonds. The van der Waals surface area contributed by atoms with Gasteiger partial charge >= 0.3 is 5.97 Å². The zero-order chi connectivity index (χ0) is 13.7. The van der Waals surface area contributed by atoms with Gasteiger partial charge in [0.25, 0.3) is 0 Å². The van der Waals surface area contributed by atoms with E-state index in [-0.39, 0.29) is 12.3 Å². The second-order valence-electron chi connectivity index (χ2n) is 5.42. The minimum atomic E-state index is -0.737. The topological polar surface area (TPSA) is 72.9 Å². The zero-order valence-electron chi connectivity index (χ0n) is 11.3. The van der Waals surface area contributed by atoms with Crippen molar-refractivity contribution < 1.29 is 14.7 Å². The molecule has 0 spiro atoms. The summed E-state index contributed by atoms with van der Waals surface area (Å²) in [5.41, 5.74) is 0.